The molecule has 4 aliphatic carbocycles. The molecule has 2 saturated carbocycles. The Morgan fingerprint density at radius 3 is 1.68 bits per heavy atom. The van der Waals surface area contributed by atoms with Crippen LogP contribution in [-0.4, -0.2) is 30.6 Å². The van der Waals surface area contributed by atoms with Crippen molar-refractivity contribution in [2.75, 3.05) is 13.2 Å². The number of hydrogen-bond acceptors (Lipinski definition) is 4. The molecule has 28 heavy (non-hydrogen) atoms. The maximum absolute atomic E-state index is 12.4. The van der Waals surface area contributed by atoms with Crippen molar-refractivity contribution in [2.24, 2.45) is 0 Å². The van der Waals surface area contributed by atoms with Crippen molar-refractivity contribution in [1.82, 2.24) is 0 Å². The molecule has 4 heteroatoms. The van der Waals surface area contributed by atoms with Gasteiger partial charge in [0.05, 0.1) is 24.0 Å². The molecule has 2 atom stereocenters. The average molecular weight is 374 g/mol. The molecule has 0 radical (unpaired) electrons. The predicted octanol–water partition coefficient (Wildman–Crippen LogP) is 3.94. The highest BCUT2D eigenvalue weighted by Gasteiger charge is 2.76. The Bertz CT molecular complexity index is 964. The second-order valence-electron chi connectivity index (χ2n) is 8.82. The van der Waals surface area contributed by atoms with E-state index in [0.29, 0.717) is 24.3 Å². The predicted molar refractivity (Wildman–Crippen MR) is 104 cm³/mol. The van der Waals surface area contributed by atoms with E-state index in [2.05, 4.69) is 13.2 Å². The zero-order chi connectivity index (χ0) is 19.3. The molecular formula is C24H22O4. The van der Waals surface area contributed by atoms with Gasteiger partial charge in [-0.2, -0.15) is 0 Å². The minimum absolute atomic E-state index is 0.121. The van der Waals surface area contributed by atoms with Gasteiger partial charge in [-0.15, -0.1) is 0 Å². The van der Waals surface area contributed by atoms with Crippen LogP contribution in [0.15, 0.2) is 48.6 Å². The third-order valence-corrected chi connectivity index (χ3v) is 7.84. The van der Waals surface area contributed by atoms with E-state index in [-0.39, 0.29) is 22.4 Å². The molecule has 142 valence electrons. The van der Waals surface area contributed by atoms with Crippen LogP contribution in [0.4, 0.5) is 0 Å². The highest BCUT2D eigenvalue weighted by Crippen LogP contribution is 2.74. The normalized spacial score (nSPS) is 34.6. The summed E-state index contributed by atoms with van der Waals surface area (Å²) in [7, 11) is 0. The van der Waals surface area contributed by atoms with Crippen molar-refractivity contribution in [2.45, 2.75) is 48.7 Å². The van der Waals surface area contributed by atoms with Crippen LogP contribution in [0, 0.1) is 0 Å². The Balaban J connectivity index is 1.52. The molecule has 1 aromatic rings. The van der Waals surface area contributed by atoms with Gasteiger partial charge >= 0.3 is 0 Å². The van der Waals surface area contributed by atoms with E-state index in [1.165, 1.54) is 18.6 Å². The first kappa shape index (κ1) is 16.6. The average Bonchev–Trinajstić information content (AvgIpc) is 2.80. The Hall–Kier alpha value is -2.30. The van der Waals surface area contributed by atoms with Gasteiger partial charge in [-0.1, -0.05) is 19.6 Å². The Morgan fingerprint density at radius 2 is 1.21 bits per heavy atom. The van der Waals surface area contributed by atoms with Crippen LogP contribution < -0.4 is 0 Å². The van der Waals surface area contributed by atoms with E-state index in [1.807, 2.05) is 12.1 Å². The maximum atomic E-state index is 12.4. The van der Waals surface area contributed by atoms with Crippen LogP contribution in [0.5, 0.6) is 0 Å². The number of allylic oxidation sites excluding steroid dienone is 2. The standard InChI is InChI=1S/C24H22O4/c1-14-15(2)24-13-28-22(8-4-3-5-9-22)27-12-23(14,24)18-10-16-17(11-19(18)24)21(26)7-6-20(16)25/h6-7,10-11H,1-5,8-9,12-13H2. The number of carbonyl (C=O) groups excluding carboxylic acids is 2. The van der Waals surface area contributed by atoms with E-state index >= 15 is 0 Å². The van der Waals surface area contributed by atoms with Crippen LogP contribution in [0.3, 0.4) is 0 Å². The summed E-state index contributed by atoms with van der Waals surface area (Å²) in [6, 6.07) is 3.79. The Morgan fingerprint density at radius 1 is 0.750 bits per heavy atom. The first-order valence-corrected chi connectivity index (χ1v) is 10.1. The van der Waals surface area contributed by atoms with Crippen LogP contribution >= 0.6 is 0 Å². The Kier molecular flexibility index (Phi) is 2.97. The summed E-state index contributed by atoms with van der Waals surface area (Å²) < 4.78 is 12.9. The molecule has 0 N–H and O–H groups in total. The molecule has 5 aliphatic rings. The number of ether oxygens (including phenoxy) is 2. The van der Waals surface area contributed by atoms with Gasteiger partial charge in [0.1, 0.15) is 0 Å². The molecule has 6 rings (SSSR count). The molecule has 1 heterocycles. The van der Waals surface area contributed by atoms with E-state index in [0.717, 1.165) is 48.0 Å². The topological polar surface area (TPSA) is 52.6 Å². The lowest BCUT2D eigenvalue weighted by molar-refractivity contribution is -0.242. The molecule has 0 bridgehead atoms. The van der Waals surface area contributed by atoms with Gasteiger partial charge < -0.3 is 9.47 Å². The highest BCUT2D eigenvalue weighted by atomic mass is 16.7. The fourth-order valence-corrected chi connectivity index (χ4v) is 6.21. The van der Waals surface area contributed by atoms with E-state index in [4.69, 9.17) is 9.47 Å². The lowest BCUT2D eigenvalue weighted by atomic mass is 9.32. The van der Waals surface area contributed by atoms with Crippen molar-refractivity contribution < 1.29 is 19.1 Å². The SMILES string of the molecule is C=C1C(=C)C23COC4(CCCCC4)OCC12c1cc2c(cc13)C(=O)C=CC2=O. The fraction of sp³-hybridized carbons (Fsp3) is 0.417. The van der Waals surface area contributed by atoms with E-state index in [9.17, 15) is 9.59 Å². The second kappa shape index (κ2) is 5.00. The monoisotopic (exact) mass is 374 g/mol. The van der Waals surface area contributed by atoms with Gasteiger partial charge in [-0.3, -0.25) is 9.59 Å². The fourth-order valence-electron chi connectivity index (χ4n) is 6.21. The molecule has 1 aliphatic heterocycles. The van der Waals surface area contributed by atoms with Crippen molar-refractivity contribution in [3.63, 3.8) is 0 Å². The van der Waals surface area contributed by atoms with Crippen LogP contribution in [-0.2, 0) is 20.3 Å². The summed E-state index contributed by atoms with van der Waals surface area (Å²) in [5.41, 5.74) is 4.24. The molecule has 2 unspecified atom stereocenters. The lowest BCUT2D eigenvalue weighted by Crippen LogP contribution is -2.72. The molecule has 3 fully saturated rings. The second-order valence-corrected chi connectivity index (χ2v) is 8.82. The largest absolute Gasteiger partial charge is 0.349 e. The lowest BCUT2D eigenvalue weighted by Gasteiger charge is -2.69. The van der Waals surface area contributed by atoms with Gasteiger partial charge in [0.2, 0.25) is 0 Å². The maximum Gasteiger partial charge on any atom is 0.186 e. The number of ketones is 2. The summed E-state index contributed by atoms with van der Waals surface area (Å²) >= 11 is 0. The van der Waals surface area contributed by atoms with Crippen molar-refractivity contribution in [3.05, 3.63) is 70.8 Å². The number of carbonyl (C=O) groups is 2. The first-order chi connectivity index (χ1) is 13.5. The van der Waals surface area contributed by atoms with Crippen LogP contribution in [0.1, 0.15) is 63.9 Å². The molecule has 0 amide bonds. The Labute approximate surface area is 163 Å². The molecule has 1 saturated heterocycles. The summed E-state index contributed by atoms with van der Waals surface area (Å²) in [6.45, 7) is 9.62. The smallest absolute Gasteiger partial charge is 0.186 e. The summed E-state index contributed by atoms with van der Waals surface area (Å²) in [6.07, 6.45) is 7.97. The zero-order valence-corrected chi connectivity index (χ0v) is 15.8. The molecular weight excluding hydrogens is 352 g/mol. The van der Waals surface area contributed by atoms with Crippen LogP contribution in [0.2, 0.25) is 0 Å². The molecule has 1 spiro atoms. The van der Waals surface area contributed by atoms with Crippen molar-refractivity contribution in [3.8, 4) is 0 Å². The van der Waals surface area contributed by atoms with Gasteiger partial charge in [0, 0.05) is 24.0 Å². The number of rotatable bonds is 0. The van der Waals surface area contributed by atoms with Gasteiger partial charge in [0.25, 0.3) is 0 Å². The van der Waals surface area contributed by atoms with E-state index < -0.39 is 5.79 Å². The quantitative estimate of drug-likeness (QED) is 0.690. The molecule has 1 aromatic carbocycles. The van der Waals surface area contributed by atoms with E-state index in [1.54, 1.807) is 0 Å². The first-order valence-electron chi connectivity index (χ1n) is 10.1. The third-order valence-electron chi connectivity index (χ3n) is 7.84. The zero-order valence-electron chi connectivity index (χ0n) is 15.8. The number of fused-ring (bicyclic) bond motifs is 2. The summed E-state index contributed by atoms with van der Waals surface area (Å²) in [4.78, 5) is 24.8. The number of benzene rings is 1. The third kappa shape index (κ3) is 1.59. The number of hydrogen-bond donors (Lipinski definition) is 0. The van der Waals surface area contributed by atoms with Crippen LogP contribution in [0.25, 0.3) is 0 Å². The van der Waals surface area contributed by atoms with Gasteiger partial charge in [-0.05, 0) is 59.4 Å². The summed E-state index contributed by atoms with van der Waals surface area (Å²) in [5.74, 6) is -0.764. The van der Waals surface area contributed by atoms with Crippen molar-refractivity contribution in [1.29, 1.82) is 0 Å². The molecule has 4 nitrogen and oxygen atoms in total. The summed E-state index contributed by atoms with van der Waals surface area (Å²) in [5, 5.41) is 0. The van der Waals surface area contributed by atoms with Gasteiger partial charge in [0.15, 0.2) is 17.4 Å². The van der Waals surface area contributed by atoms with Gasteiger partial charge in [-0.25, -0.2) is 0 Å². The van der Waals surface area contributed by atoms with Crippen molar-refractivity contribution >= 4 is 11.6 Å². The minimum atomic E-state index is -0.523. The minimum Gasteiger partial charge on any atom is -0.349 e. The highest BCUT2D eigenvalue weighted by molar-refractivity contribution is 6.22. The molecule has 0 aromatic heterocycles.